The zero-order valence-corrected chi connectivity index (χ0v) is 59.7. The van der Waals surface area contributed by atoms with E-state index in [4.69, 9.17) is 90.6 Å². The lowest BCUT2D eigenvalue weighted by Crippen LogP contribution is -2.47. The highest BCUT2D eigenvalue weighted by Crippen LogP contribution is 2.39. The molecule has 0 aliphatic carbocycles. The topological polar surface area (TPSA) is 451 Å². The first-order valence-corrected chi connectivity index (χ1v) is 34.3. The molecule has 4 unspecified atom stereocenters. The van der Waals surface area contributed by atoms with Gasteiger partial charge in [0, 0.05) is 57.8 Å². The molecule has 100 heavy (non-hydrogen) atoms. The largest absolute Gasteiger partial charge is 0.489 e. The summed E-state index contributed by atoms with van der Waals surface area (Å²) in [6, 6.07) is 14.8. The Balaban J connectivity index is 0.000000343. The molecule has 4 amide bonds. The van der Waals surface area contributed by atoms with Crippen LogP contribution in [0.2, 0.25) is 10.3 Å². The first kappa shape index (κ1) is 85.0. The van der Waals surface area contributed by atoms with Gasteiger partial charge >= 0.3 is 30.1 Å². The number of nitrogens with one attached hydrogen (secondary N) is 4. The number of aromatic nitrogens is 6. The number of carbonyl (C=O) groups excluding carboxylic acids is 5. The van der Waals surface area contributed by atoms with Crippen LogP contribution < -0.4 is 50.3 Å². The first-order chi connectivity index (χ1) is 46.7. The monoisotopic (exact) mass is 1530 g/mol. The normalized spacial score (nSPS) is 13.3. The number of sulfonamides is 1. The number of amides is 4. The highest BCUT2D eigenvalue weighted by Gasteiger charge is 2.34. The number of carboxylic acids is 1. The van der Waals surface area contributed by atoms with Crippen LogP contribution in [0.25, 0.3) is 0 Å². The fourth-order valence-electron chi connectivity index (χ4n) is 7.45. The summed E-state index contributed by atoms with van der Waals surface area (Å²) in [5.74, 6) is -2.80. The number of hydrogen-bond donors (Lipinski definition) is 7. The molecule has 0 saturated heterocycles. The number of nitro benzene ring substituents is 1. The van der Waals surface area contributed by atoms with Crippen LogP contribution in [0.3, 0.4) is 0 Å². The number of nitrogens with two attached hydrogens (primary N) is 1. The Morgan fingerprint density at radius 2 is 1.53 bits per heavy atom. The number of ether oxygens (including phenoxy) is 6. The molecule has 3 aromatic carbocycles. The van der Waals surface area contributed by atoms with Crippen molar-refractivity contribution in [2.75, 3.05) is 81.8 Å². The fourth-order valence-corrected chi connectivity index (χ4v) is 9.83. The number of alkyl halides is 5. The Bertz CT molecular complexity index is 3980. The number of hydrogen-bond acceptors (Lipinski definition) is 26. The summed E-state index contributed by atoms with van der Waals surface area (Å²) in [5.41, 5.74) is 3.46. The summed E-state index contributed by atoms with van der Waals surface area (Å²) in [7, 11) is -1.95. The van der Waals surface area contributed by atoms with Crippen molar-refractivity contribution in [1.29, 1.82) is 0 Å². The van der Waals surface area contributed by atoms with Crippen molar-refractivity contribution in [1.82, 2.24) is 39.5 Å². The number of fused-ring (bicyclic) bond motifs is 1. The van der Waals surface area contributed by atoms with Gasteiger partial charge in [-0.2, -0.15) is 46.5 Å². The molecule has 0 spiro atoms. The molecular weight excluding hydrogens is 1460 g/mol. The van der Waals surface area contributed by atoms with Crippen LogP contribution in [-0.2, 0) is 44.6 Å². The van der Waals surface area contributed by atoms with Crippen molar-refractivity contribution in [3.63, 3.8) is 0 Å². The van der Waals surface area contributed by atoms with Gasteiger partial charge in [-0.3, -0.25) is 34.4 Å². The Hall–Kier alpha value is -9.23. The van der Waals surface area contributed by atoms with E-state index in [1.54, 1.807) is 16.5 Å². The van der Waals surface area contributed by atoms with Crippen LogP contribution in [0, 0.1) is 10.1 Å². The molecule has 7 rings (SSSR count). The maximum atomic E-state index is 12.8. The molecule has 0 fully saturated rings. The maximum absolute atomic E-state index is 12.8. The molecule has 4 atom stereocenters. The number of carbonyl (C=O) groups is 6. The summed E-state index contributed by atoms with van der Waals surface area (Å²) in [5, 5.41) is 26.9. The van der Waals surface area contributed by atoms with E-state index in [1.807, 2.05) is 52.0 Å². The number of aliphatic carboxylic acids is 1. The minimum Gasteiger partial charge on any atom is -0.489 e. The highest BCUT2D eigenvalue weighted by molar-refractivity contribution is 7.90. The van der Waals surface area contributed by atoms with Gasteiger partial charge in [-0.15, -0.1) is 0 Å². The second-order valence-corrected chi connectivity index (χ2v) is 26.6. The zero-order valence-electron chi connectivity index (χ0n) is 54.9. The van der Waals surface area contributed by atoms with Gasteiger partial charge in [0.1, 0.15) is 35.5 Å². The van der Waals surface area contributed by atoms with E-state index < -0.39 is 97.2 Å². The van der Waals surface area contributed by atoms with E-state index >= 15 is 0 Å². The molecule has 6 aromatic rings. The number of urea groups is 1. The predicted octanol–water partition coefficient (Wildman–Crippen LogP) is 9.34. The number of halogens is 7. The molecule has 1 aliphatic rings. The maximum Gasteiger partial charge on any atom is 0.416 e. The van der Waals surface area contributed by atoms with Crippen molar-refractivity contribution in [3.05, 3.63) is 122 Å². The number of nitro groups is 1. The molecule has 0 bridgehead atoms. The van der Waals surface area contributed by atoms with Gasteiger partial charge in [0.05, 0.1) is 59.7 Å². The lowest BCUT2D eigenvalue weighted by Gasteiger charge is -2.35. The second-order valence-electron chi connectivity index (χ2n) is 20.6. The molecule has 8 N–H and O–H groups in total. The van der Waals surface area contributed by atoms with Gasteiger partial charge in [-0.25, -0.2) is 24.1 Å². The third-order valence-electron chi connectivity index (χ3n) is 12.0. The molecule has 4 heterocycles. The summed E-state index contributed by atoms with van der Waals surface area (Å²) in [4.78, 5) is 115. The Morgan fingerprint density at radius 3 is 2.07 bits per heavy atom. The molecule has 0 saturated carbocycles. The Kier molecular flexibility index (Phi) is 33.6. The minimum atomic E-state index is -4.61. The van der Waals surface area contributed by atoms with E-state index in [0.717, 1.165) is 42.6 Å². The third-order valence-corrected chi connectivity index (χ3v) is 15.2. The molecular formula is C58H70Cl4F3N14O19PS. The molecule has 1 aliphatic heterocycles. The first-order valence-electron chi connectivity index (χ1n) is 28.9. The number of esters is 2. The number of anilines is 4. The van der Waals surface area contributed by atoms with E-state index in [1.165, 1.54) is 71.2 Å². The molecule has 0 radical (unpaired) electrons. The van der Waals surface area contributed by atoms with Gasteiger partial charge in [0.25, 0.3) is 27.5 Å². The lowest BCUT2D eigenvalue weighted by molar-refractivity contribution is -0.385. The number of nitrogens with zero attached hydrogens (tertiary/aromatic N) is 9. The van der Waals surface area contributed by atoms with Crippen LogP contribution in [0.5, 0.6) is 29.0 Å². The minimum absolute atomic E-state index is 0.0398. The van der Waals surface area contributed by atoms with Gasteiger partial charge in [0.15, 0.2) is 23.3 Å². The third kappa shape index (κ3) is 27.8. The standard InChI is InChI=1S/C19H15ClF3NO7.C15H18N6O6S.C11H11Cl2NO2.C8H14ClN5.C5H12NO4P/c1-3-29-17(25)10(2)30-18(26)13-9-12(5-6-15(13)24(27)28)31-16-7-4-11(8-14(16)20)19(21,22)23;1-21(2)13(22)9-6-5-7-16-12(9)28(24,25)20-15(23)19-14-17-10(26-3)8-11(18-14)27-4;1-7-6-16-9-5-3-2-4-8(9)14(7)11(15)10(12)13;1-4-10-7-12-6(9)13-8(14-7)11-5(2)3;1-11(9,10)3-2-4(6)5(7)8/h4-10H,3H2,1-2H3;5-8H,1-4H3,(H2,17,18,19,20,23);2-5,7,10H,6H2,1H3;5H,4H2,1-3H3,(H2,10,11,12,13,14);4H,2-3,6H2,1H3,(H,7,8)(H,9,10). The summed E-state index contributed by atoms with van der Waals surface area (Å²) in [6.07, 6.45) is -4.75. The Morgan fingerprint density at radius 1 is 0.900 bits per heavy atom. The van der Waals surface area contributed by atoms with Gasteiger partial charge in [-0.05, 0) is 108 Å². The number of pyridine rings is 1. The number of rotatable bonds is 22. The fraction of sp³-hybridized carbons (Fsp3) is 0.379. The van der Waals surface area contributed by atoms with Crippen LogP contribution in [0.4, 0.5) is 47.2 Å². The van der Waals surface area contributed by atoms with Crippen LogP contribution in [0.15, 0.2) is 90.1 Å². The van der Waals surface area contributed by atoms with Gasteiger partial charge in [-0.1, -0.05) is 46.9 Å². The molecule has 546 valence electrons. The number of carboxylic acid groups (broad SMARTS) is 1. The van der Waals surface area contributed by atoms with Crippen molar-refractivity contribution in [2.45, 2.75) is 88.2 Å². The summed E-state index contributed by atoms with van der Waals surface area (Å²) in [6.45, 7) is 13.1. The number of para-hydroxylation sites is 2. The predicted molar refractivity (Wildman–Crippen MR) is 361 cm³/mol. The van der Waals surface area contributed by atoms with Crippen molar-refractivity contribution < 1.29 is 98.3 Å². The SMILES string of the molecule is CC1COc2ccccc2N1C(=O)C(Cl)Cl.CCNc1nc(Cl)nc(NC(C)C)n1.CCOC(=O)C(C)OC(=O)c1cc(Oc2ccc(C(F)(F)F)cc2Cl)ccc1[N+](=O)[O-].COc1cc(OC)nc(NC(=O)NS(=O)(=O)c2ncccc2C(=O)N(C)C)n1.CP(=O)(O)CCC(N)C(=O)O. The quantitative estimate of drug-likeness (QED) is 0.0109. The van der Waals surface area contributed by atoms with Gasteiger partial charge < -0.3 is 64.6 Å². The van der Waals surface area contributed by atoms with E-state index in [2.05, 4.69) is 45.9 Å². The molecule has 42 heteroatoms. The zero-order chi connectivity index (χ0) is 75.6. The average Bonchev–Trinajstić information content (AvgIpc) is 0.814. The lowest BCUT2D eigenvalue weighted by atomic mass is 10.1. The van der Waals surface area contributed by atoms with Crippen LogP contribution in [-0.4, -0.2) is 184 Å². The number of benzene rings is 3. The molecule has 3 aromatic heterocycles. The van der Waals surface area contributed by atoms with E-state index in [0.29, 0.717) is 30.3 Å². The van der Waals surface area contributed by atoms with Crippen LogP contribution in [0.1, 0.15) is 74.2 Å². The summed E-state index contributed by atoms with van der Waals surface area (Å²) >= 11 is 22.8. The average molecular weight is 1530 g/mol. The second kappa shape index (κ2) is 39.5. The Labute approximate surface area is 590 Å². The van der Waals surface area contributed by atoms with Crippen molar-refractivity contribution in [3.8, 4) is 29.0 Å². The highest BCUT2D eigenvalue weighted by atomic mass is 35.5. The smallest absolute Gasteiger partial charge is 0.416 e. The summed E-state index contributed by atoms with van der Waals surface area (Å²) < 4.78 is 106. The van der Waals surface area contributed by atoms with Crippen molar-refractivity contribution >= 4 is 129 Å². The number of methoxy groups -OCH3 is 2. The van der Waals surface area contributed by atoms with Crippen molar-refractivity contribution in [2.24, 2.45) is 5.73 Å². The van der Waals surface area contributed by atoms with E-state index in [-0.39, 0.29) is 82.3 Å². The van der Waals surface area contributed by atoms with Crippen LogP contribution >= 0.6 is 53.8 Å². The van der Waals surface area contributed by atoms with Gasteiger partial charge in [0.2, 0.25) is 34.9 Å². The molecule has 33 nitrogen and oxygen atoms in total. The van der Waals surface area contributed by atoms with E-state index in [9.17, 15) is 65.0 Å².